The Bertz CT molecular complexity index is 877. The third-order valence-electron chi connectivity index (χ3n) is 6.04. The molecule has 30 heavy (non-hydrogen) atoms. The third kappa shape index (κ3) is 4.63. The zero-order valence-corrected chi connectivity index (χ0v) is 18.4. The maximum atomic E-state index is 10.2. The first-order chi connectivity index (χ1) is 14.3. The standard InChI is InChI=1S/C22H30ClN5O2/c1-15-12-20(26-21(24)25-15)28-8-3-11-30-14-19(28)17-5-4-16(13-18(17)23)27-9-6-22(2,29)7-10-27/h4-5,12-13,19,29H,3,6-11,14H2,1-2H3,(H2,24,25,26). The number of anilines is 3. The molecule has 162 valence electrons. The van der Waals surface area contributed by atoms with Crippen molar-refractivity contribution in [3.63, 3.8) is 0 Å². The molecular formula is C22H30ClN5O2. The zero-order valence-electron chi connectivity index (χ0n) is 17.6. The second kappa shape index (κ2) is 8.57. The van der Waals surface area contributed by atoms with E-state index in [4.69, 9.17) is 22.1 Å². The fourth-order valence-electron chi connectivity index (χ4n) is 4.26. The van der Waals surface area contributed by atoms with Gasteiger partial charge in [0.1, 0.15) is 5.82 Å². The van der Waals surface area contributed by atoms with Crippen molar-refractivity contribution in [3.05, 3.63) is 40.5 Å². The molecule has 4 rings (SSSR count). The molecule has 7 nitrogen and oxygen atoms in total. The number of benzene rings is 1. The van der Waals surface area contributed by atoms with Crippen molar-refractivity contribution in [1.29, 1.82) is 0 Å². The van der Waals surface area contributed by atoms with Gasteiger partial charge in [-0.3, -0.25) is 0 Å². The number of halogens is 1. The van der Waals surface area contributed by atoms with Gasteiger partial charge >= 0.3 is 0 Å². The molecule has 2 aromatic rings. The van der Waals surface area contributed by atoms with E-state index in [-0.39, 0.29) is 12.0 Å². The molecule has 0 spiro atoms. The normalized spacial score (nSPS) is 22.1. The number of hydrogen-bond acceptors (Lipinski definition) is 7. The third-order valence-corrected chi connectivity index (χ3v) is 6.37. The highest BCUT2D eigenvalue weighted by Gasteiger charge is 2.29. The molecule has 0 radical (unpaired) electrons. The summed E-state index contributed by atoms with van der Waals surface area (Å²) in [5, 5.41) is 10.9. The Morgan fingerprint density at radius 2 is 1.97 bits per heavy atom. The Hall–Kier alpha value is -2.09. The lowest BCUT2D eigenvalue weighted by Gasteiger charge is -2.37. The molecule has 0 bridgehead atoms. The number of nitrogens with two attached hydrogens (primary N) is 1. The van der Waals surface area contributed by atoms with Crippen LogP contribution in [0.1, 0.15) is 43.5 Å². The van der Waals surface area contributed by atoms with Gasteiger partial charge in [-0.1, -0.05) is 17.7 Å². The second-order valence-electron chi connectivity index (χ2n) is 8.55. The van der Waals surface area contributed by atoms with Crippen LogP contribution in [0, 0.1) is 6.92 Å². The van der Waals surface area contributed by atoms with Crippen molar-refractivity contribution in [2.24, 2.45) is 0 Å². The van der Waals surface area contributed by atoms with E-state index in [0.717, 1.165) is 61.7 Å². The van der Waals surface area contributed by atoms with Gasteiger partial charge in [-0.15, -0.1) is 0 Å². The molecule has 2 aliphatic rings. The van der Waals surface area contributed by atoms with E-state index in [1.54, 1.807) is 0 Å². The van der Waals surface area contributed by atoms with E-state index < -0.39 is 5.60 Å². The van der Waals surface area contributed by atoms with Crippen LogP contribution in [0.25, 0.3) is 0 Å². The summed E-state index contributed by atoms with van der Waals surface area (Å²) >= 11 is 6.79. The Labute approximate surface area is 182 Å². The average molecular weight is 432 g/mol. The number of nitrogen functional groups attached to an aromatic ring is 1. The van der Waals surface area contributed by atoms with Gasteiger partial charge in [-0.25, -0.2) is 4.98 Å². The van der Waals surface area contributed by atoms with Gasteiger partial charge in [0.2, 0.25) is 5.95 Å². The summed E-state index contributed by atoms with van der Waals surface area (Å²) in [5.41, 5.74) is 8.28. The molecule has 3 N–H and O–H groups in total. The Morgan fingerprint density at radius 3 is 2.67 bits per heavy atom. The second-order valence-corrected chi connectivity index (χ2v) is 8.96. The zero-order chi connectivity index (χ0) is 21.3. The molecular weight excluding hydrogens is 402 g/mol. The number of hydrogen-bond donors (Lipinski definition) is 2. The monoisotopic (exact) mass is 431 g/mol. The van der Waals surface area contributed by atoms with Gasteiger partial charge in [0.15, 0.2) is 0 Å². The van der Waals surface area contributed by atoms with E-state index in [1.807, 2.05) is 26.0 Å². The molecule has 2 aliphatic heterocycles. The van der Waals surface area contributed by atoms with Crippen LogP contribution in [0.15, 0.2) is 24.3 Å². The van der Waals surface area contributed by atoms with Crippen molar-refractivity contribution in [1.82, 2.24) is 9.97 Å². The first-order valence-electron chi connectivity index (χ1n) is 10.5. The minimum Gasteiger partial charge on any atom is -0.390 e. The fraction of sp³-hybridized carbons (Fsp3) is 0.545. The van der Waals surface area contributed by atoms with Gasteiger partial charge in [0.25, 0.3) is 0 Å². The van der Waals surface area contributed by atoms with Gasteiger partial charge in [0, 0.05) is 48.7 Å². The number of nitrogens with zero attached hydrogens (tertiary/aromatic N) is 4. The van der Waals surface area contributed by atoms with E-state index in [0.29, 0.717) is 18.2 Å². The van der Waals surface area contributed by atoms with Crippen LogP contribution in [0.5, 0.6) is 0 Å². The summed E-state index contributed by atoms with van der Waals surface area (Å²) < 4.78 is 5.89. The predicted molar refractivity (Wildman–Crippen MR) is 120 cm³/mol. The van der Waals surface area contributed by atoms with Crippen LogP contribution < -0.4 is 15.5 Å². The van der Waals surface area contributed by atoms with Crippen molar-refractivity contribution in [2.75, 3.05) is 48.4 Å². The van der Waals surface area contributed by atoms with Gasteiger partial charge in [-0.05, 0) is 50.8 Å². The van der Waals surface area contributed by atoms with Gasteiger partial charge < -0.3 is 25.4 Å². The van der Waals surface area contributed by atoms with Crippen LogP contribution in [-0.4, -0.2) is 53.5 Å². The SMILES string of the molecule is Cc1cc(N2CCCOCC2c2ccc(N3CCC(C)(O)CC3)cc2Cl)nc(N)n1. The van der Waals surface area contributed by atoms with Crippen LogP contribution in [0.2, 0.25) is 5.02 Å². The van der Waals surface area contributed by atoms with Crippen LogP contribution in [-0.2, 0) is 4.74 Å². The molecule has 8 heteroatoms. The van der Waals surface area contributed by atoms with Crippen LogP contribution in [0.4, 0.5) is 17.5 Å². The first-order valence-corrected chi connectivity index (χ1v) is 10.9. The number of aliphatic hydroxyl groups is 1. The number of aromatic nitrogens is 2. The molecule has 1 atom stereocenters. The minimum atomic E-state index is -0.573. The Kier molecular flexibility index (Phi) is 6.04. The molecule has 0 saturated carbocycles. The molecule has 0 aliphatic carbocycles. The van der Waals surface area contributed by atoms with Crippen molar-refractivity contribution in [2.45, 2.75) is 44.8 Å². The Balaban J connectivity index is 1.61. The highest BCUT2D eigenvalue weighted by Crippen LogP contribution is 2.36. The fourth-order valence-corrected chi connectivity index (χ4v) is 4.56. The number of rotatable bonds is 3. The van der Waals surface area contributed by atoms with E-state index in [2.05, 4.69) is 31.9 Å². The van der Waals surface area contributed by atoms with E-state index >= 15 is 0 Å². The lowest BCUT2D eigenvalue weighted by atomic mass is 9.93. The van der Waals surface area contributed by atoms with Gasteiger partial charge in [0.05, 0.1) is 18.2 Å². The summed E-state index contributed by atoms with van der Waals surface area (Å²) in [7, 11) is 0. The number of aryl methyl sites for hydroxylation is 1. The summed E-state index contributed by atoms with van der Waals surface area (Å²) in [6, 6.07) is 8.14. The number of piperidine rings is 1. The van der Waals surface area contributed by atoms with E-state index in [1.165, 1.54) is 0 Å². The smallest absolute Gasteiger partial charge is 0.222 e. The van der Waals surface area contributed by atoms with Crippen molar-refractivity contribution >= 4 is 29.1 Å². The predicted octanol–water partition coefficient (Wildman–Crippen LogP) is 3.34. The van der Waals surface area contributed by atoms with Crippen molar-refractivity contribution < 1.29 is 9.84 Å². The van der Waals surface area contributed by atoms with Crippen molar-refractivity contribution in [3.8, 4) is 0 Å². The maximum absolute atomic E-state index is 10.2. The first kappa shape index (κ1) is 21.2. The lowest BCUT2D eigenvalue weighted by molar-refractivity contribution is 0.0351. The molecule has 1 aromatic heterocycles. The summed E-state index contributed by atoms with van der Waals surface area (Å²) in [4.78, 5) is 13.2. The quantitative estimate of drug-likeness (QED) is 0.770. The topological polar surface area (TPSA) is 87.7 Å². The highest BCUT2D eigenvalue weighted by molar-refractivity contribution is 6.31. The molecule has 2 saturated heterocycles. The average Bonchev–Trinajstić information content (AvgIpc) is 2.93. The highest BCUT2D eigenvalue weighted by atomic mass is 35.5. The molecule has 1 aromatic carbocycles. The number of ether oxygens (including phenoxy) is 1. The molecule has 1 unspecified atom stereocenters. The van der Waals surface area contributed by atoms with E-state index in [9.17, 15) is 5.11 Å². The molecule has 2 fully saturated rings. The lowest BCUT2D eigenvalue weighted by Crippen LogP contribution is -2.42. The molecule has 3 heterocycles. The van der Waals surface area contributed by atoms with Gasteiger partial charge in [-0.2, -0.15) is 4.98 Å². The summed E-state index contributed by atoms with van der Waals surface area (Å²) in [5.74, 6) is 1.07. The maximum Gasteiger partial charge on any atom is 0.222 e. The van der Waals surface area contributed by atoms with Crippen LogP contribution >= 0.6 is 11.6 Å². The Morgan fingerprint density at radius 1 is 1.20 bits per heavy atom. The summed E-state index contributed by atoms with van der Waals surface area (Å²) in [6.07, 6.45) is 2.42. The largest absolute Gasteiger partial charge is 0.390 e. The minimum absolute atomic E-state index is 0.0511. The molecule has 0 amide bonds. The summed E-state index contributed by atoms with van der Waals surface area (Å²) in [6.45, 7) is 7.51. The van der Waals surface area contributed by atoms with Crippen LogP contribution in [0.3, 0.4) is 0 Å².